The van der Waals surface area contributed by atoms with Crippen LogP contribution in [0.25, 0.3) is 0 Å². The van der Waals surface area contributed by atoms with Crippen LogP contribution in [0.5, 0.6) is 0 Å². The maximum atomic E-state index is 10.3. The third-order valence-electron chi connectivity index (χ3n) is 4.75. The predicted octanol–water partition coefficient (Wildman–Crippen LogP) is 6.15. The molecular formula is C21H34O2. The summed E-state index contributed by atoms with van der Waals surface area (Å²) >= 11 is 0. The van der Waals surface area contributed by atoms with Gasteiger partial charge in [-0.3, -0.25) is 0 Å². The number of aliphatic carboxylic acids is 1. The molecule has 0 aliphatic heterocycles. The van der Waals surface area contributed by atoms with E-state index >= 15 is 0 Å². The van der Waals surface area contributed by atoms with Crippen molar-refractivity contribution in [2.45, 2.75) is 71.6 Å². The van der Waals surface area contributed by atoms with E-state index in [2.05, 4.69) is 26.0 Å². The molecule has 0 aromatic rings. The van der Waals surface area contributed by atoms with Gasteiger partial charge >= 0.3 is 5.97 Å². The van der Waals surface area contributed by atoms with E-state index < -0.39 is 5.97 Å². The Balaban J connectivity index is 2.19. The maximum absolute atomic E-state index is 10.3. The van der Waals surface area contributed by atoms with E-state index in [0.29, 0.717) is 0 Å². The number of allylic oxidation sites excluding steroid dienone is 5. The van der Waals surface area contributed by atoms with E-state index in [0.717, 1.165) is 23.8 Å². The summed E-state index contributed by atoms with van der Waals surface area (Å²) in [7, 11) is 0. The Kier molecular flexibility index (Phi) is 10.4. The first-order valence-electron chi connectivity index (χ1n) is 9.34. The summed E-state index contributed by atoms with van der Waals surface area (Å²) in [6, 6.07) is 0. The van der Waals surface area contributed by atoms with Gasteiger partial charge in [-0.25, -0.2) is 4.79 Å². The molecule has 130 valence electrons. The third kappa shape index (κ3) is 10.1. The van der Waals surface area contributed by atoms with Crippen LogP contribution in [0, 0.1) is 17.8 Å². The molecule has 2 nitrogen and oxygen atoms in total. The standard InChI is InChI=1S/C21H34O2/c1-18(2)12-7-3-4-8-13-19-15-11-16-20(19)14-9-5-6-10-17-21(22)23/h5-6,9-10,14,17-20H,3-4,7-8,11-13,15-16H2,1-2H3,(H,22,23)/t19-,20-/m0/s1. The monoisotopic (exact) mass is 318 g/mol. The molecule has 0 aromatic heterocycles. The highest BCUT2D eigenvalue weighted by molar-refractivity contribution is 5.80. The van der Waals surface area contributed by atoms with Gasteiger partial charge in [-0.15, -0.1) is 0 Å². The van der Waals surface area contributed by atoms with Crippen molar-refractivity contribution in [3.05, 3.63) is 36.5 Å². The summed E-state index contributed by atoms with van der Waals surface area (Å²) < 4.78 is 0. The molecule has 23 heavy (non-hydrogen) atoms. The van der Waals surface area contributed by atoms with E-state index in [9.17, 15) is 4.79 Å². The van der Waals surface area contributed by atoms with Gasteiger partial charge in [-0.1, -0.05) is 82.8 Å². The summed E-state index contributed by atoms with van der Waals surface area (Å²) in [6.45, 7) is 4.61. The molecule has 0 bridgehead atoms. The number of rotatable bonds is 11. The molecule has 1 aliphatic carbocycles. The lowest BCUT2D eigenvalue weighted by Crippen LogP contribution is -2.05. The first-order chi connectivity index (χ1) is 11.1. The smallest absolute Gasteiger partial charge is 0.328 e. The summed E-state index contributed by atoms with van der Waals surface area (Å²) in [4.78, 5) is 10.3. The van der Waals surface area contributed by atoms with E-state index in [4.69, 9.17) is 5.11 Å². The molecule has 1 fully saturated rings. The lowest BCUT2D eigenvalue weighted by molar-refractivity contribution is -0.131. The van der Waals surface area contributed by atoms with E-state index in [-0.39, 0.29) is 0 Å². The zero-order valence-electron chi connectivity index (χ0n) is 14.9. The topological polar surface area (TPSA) is 37.3 Å². The molecule has 0 aromatic carbocycles. The molecule has 2 atom stereocenters. The van der Waals surface area contributed by atoms with Gasteiger partial charge < -0.3 is 5.11 Å². The number of hydrogen-bond acceptors (Lipinski definition) is 1. The highest BCUT2D eigenvalue weighted by atomic mass is 16.4. The van der Waals surface area contributed by atoms with Crippen molar-refractivity contribution in [2.75, 3.05) is 0 Å². The van der Waals surface area contributed by atoms with Crippen molar-refractivity contribution in [1.82, 2.24) is 0 Å². The molecule has 0 heterocycles. The normalized spacial score (nSPS) is 22.2. The fourth-order valence-electron chi connectivity index (χ4n) is 3.46. The van der Waals surface area contributed by atoms with Crippen LogP contribution in [0.3, 0.4) is 0 Å². The van der Waals surface area contributed by atoms with E-state index in [1.165, 1.54) is 57.8 Å². The van der Waals surface area contributed by atoms with Crippen LogP contribution in [0.15, 0.2) is 36.5 Å². The minimum atomic E-state index is -0.900. The summed E-state index contributed by atoms with van der Waals surface area (Å²) in [5, 5.41) is 8.50. The SMILES string of the molecule is CC(C)CCCCCC[C@H]1CCC[C@@H]1C=CC=CC=CC(=O)O. The molecular weight excluding hydrogens is 284 g/mol. The number of carboxylic acid groups (broad SMARTS) is 1. The molecule has 1 saturated carbocycles. The third-order valence-corrected chi connectivity index (χ3v) is 4.75. The van der Waals surface area contributed by atoms with Crippen molar-refractivity contribution in [3.63, 3.8) is 0 Å². The van der Waals surface area contributed by atoms with Crippen molar-refractivity contribution in [2.24, 2.45) is 17.8 Å². The van der Waals surface area contributed by atoms with Gasteiger partial charge in [0, 0.05) is 6.08 Å². The molecule has 0 spiro atoms. The molecule has 1 rings (SSSR count). The Hall–Kier alpha value is -1.31. The van der Waals surface area contributed by atoms with Crippen LogP contribution in [-0.4, -0.2) is 11.1 Å². The molecule has 1 aliphatic rings. The fourth-order valence-corrected chi connectivity index (χ4v) is 3.46. The highest BCUT2D eigenvalue weighted by Crippen LogP contribution is 2.36. The Labute approximate surface area is 142 Å². The minimum Gasteiger partial charge on any atom is -0.478 e. The second-order valence-corrected chi connectivity index (χ2v) is 7.21. The zero-order chi connectivity index (χ0) is 16.9. The van der Waals surface area contributed by atoms with Crippen molar-refractivity contribution in [3.8, 4) is 0 Å². The quantitative estimate of drug-likeness (QED) is 0.282. The van der Waals surface area contributed by atoms with Crippen molar-refractivity contribution >= 4 is 5.97 Å². The second kappa shape index (κ2) is 12.2. The number of carbonyl (C=O) groups is 1. The van der Waals surface area contributed by atoms with Crippen LogP contribution >= 0.6 is 0 Å². The lowest BCUT2D eigenvalue weighted by Gasteiger charge is -2.16. The first kappa shape index (κ1) is 19.7. The van der Waals surface area contributed by atoms with Crippen molar-refractivity contribution in [1.29, 1.82) is 0 Å². The van der Waals surface area contributed by atoms with Gasteiger partial charge in [0.05, 0.1) is 0 Å². The van der Waals surface area contributed by atoms with Crippen molar-refractivity contribution < 1.29 is 9.90 Å². The van der Waals surface area contributed by atoms with Crippen LogP contribution < -0.4 is 0 Å². The Bertz CT molecular complexity index is 404. The van der Waals surface area contributed by atoms with Crippen LogP contribution in [0.1, 0.15) is 71.6 Å². The predicted molar refractivity (Wildman–Crippen MR) is 98.4 cm³/mol. The molecule has 1 N–H and O–H groups in total. The zero-order valence-corrected chi connectivity index (χ0v) is 14.9. The average Bonchev–Trinajstić information content (AvgIpc) is 2.93. The average molecular weight is 319 g/mol. The fraction of sp³-hybridized carbons (Fsp3) is 0.667. The molecule has 2 heteroatoms. The first-order valence-corrected chi connectivity index (χ1v) is 9.34. The van der Waals surface area contributed by atoms with Crippen LogP contribution in [0.2, 0.25) is 0 Å². The van der Waals surface area contributed by atoms with Gasteiger partial charge in [-0.05, 0) is 37.0 Å². The molecule has 0 saturated heterocycles. The van der Waals surface area contributed by atoms with Crippen LogP contribution in [0.4, 0.5) is 0 Å². The van der Waals surface area contributed by atoms with Crippen LogP contribution in [-0.2, 0) is 4.79 Å². The minimum absolute atomic E-state index is 0.721. The Morgan fingerprint density at radius 2 is 1.78 bits per heavy atom. The molecule has 0 radical (unpaired) electrons. The van der Waals surface area contributed by atoms with Gasteiger partial charge in [0.15, 0.2) is 0 Å². The Morgan fingerprint density at radius 3 is 2.52 bits per heavy atom. The lowest BCUT2D eigenvalue weighted by atomic mass is 9.90. The summed E-state index contributed by atoms with van der Waals surface area (Å²) in [6.07, 6.45) is 23.2. The Morgan fingerprint density at radius 1 is 1.04 bits per heavy atom. The van der Waals surface area contributed by atoms with Gasteiger partial charge in [-0.2, -0.15) is 0 Å². The number of hydrogen-bond donors (Lipinski definition) is 1. The number of unbranched alkanes of at least 4 members (excludes halogenated alkanes) is 3. The largest absolute Gasteiger partial charge is 0.478 e. The molecule has 0 unspecified atom stereocenters. The second-order valence-electron chi connectivity index (χ2n) is 7.21. The summed E-state index contributed by atoms with van der Waals surface area (Å²) in [5.74, 6) is 1.53. The van der Waals surface area contributed by atoms with E-state index in [1.54, 1.807) is 12.2 Å². The van der Waals surface area contributed by atoms with Gasteiger partial charge in [0.1, 0.15) is 0 Å². The van der Waals surface area contributed by atoms with Gasteiger partial charge in [0.25, 0.3) is 0 Å². The number of carboxylic acids is 1. The summed E-state index contributed by atoms with van der Waals surface area (Å²) in [5.41, 5.74) is 0. The van der Waals surface area contributed by atoms with E-state index in [1.807, 2.05) is 6.08 Å². The maximum Gasteiger partial charge on any atom is 0.328 e. The molecule has 0 amide bonds. The highest BCUT2D eigenvalue weighted by Gasteiger charge is 2.24. The van der Waals surface area contributed by atoms with Gasteiger partial charge in [0.2, 0.25) is 0 Å².